The molecule has 0 N–H and O–H groups in total. The quantitative estimate of drug-likeness (QED) is 0.219. The summed E-state index contributed by atoms with van der Waals surface area (Å²) in [6, 6.07) is 0. The molecule has 16 heavy (non-hydrogen) atoms. The van der Waals surface area contributed by atoms with Crippen LogP contribution in [0, 0.1) is 10.1 Å². The molecule has 0 unspecified atom stereocenters. The first-order chi connectivity index (χ1) is 7.60. The van der Waals surface area contributed by atoms with E-state index >= 15 is 0 Å². The van der Waals surface area contributed by atoms with E-state index in [1.165, 1.54) is 32.6 Å². The molecule has 0 aliphatic heterocycles. The van der Waals surface area contributed by atoms with Gasteiger partial charge in [0.15, 0.2) is 6.29 Å². The van der Waals surface area contributed by atoms with Crippen LogP contribution in [0.15, 0.2) is 36.4 Å². The molecule has 0 bridgehead atoms. The maximum atomic E-state index is 9.96. The minimum Gasteiger partial charge on any atom is -0.470 e. The summed E-state index contributed by atoms with van der Waals surface area (Å²) in [4.78, 5) is 9.41. The number of rotatable bonds is 7. The summed E-state index contributed by atoms with van der Waals surface area (Å²) in [6.07, 6.45) is 6.07. The lowest BCUT2D eigenvalue weighted by atomic mass is 10.4. The van der Waals surface area contributed by atoms with Gasteiger partial charge in [-0.2, -0.15) is 0 Å². The molecule has 0 aromatic heterocycles. The Labute approximate surface area is 93.9 Å². The van der Waals surface area contributed by atoms with Crippen LogP contribution in [0.1, 0.15) is 6.92 Å². The fraction of sp³-hybridized carbons (Fsp3) is 0.400. The summed E-state index contributed by atoms with van der Waals surface area (Å²) in [5.74, 6) is 0.514. The van der Waals surface area contributed by atoms with Crippen LogP contribution in [0.4, 0.5) is 0 Å². The Bertz CT molecular complexity index is 292. The van der Waals surface area contributed by atoms with Crippen LogP contribution in [-0.2, 0) is 14.2 Å². The molecule has 0 fully saturated rings. The van der Waals surface area contributed by atoms with Gasteiger partial charge in [-0.25, -0.2) is 0 Å². The first-order valence-electron chi connectivity index (χ1n) is 4.47. The summed E-state index contributed by atoms with van der Waals surface area (Å²) in [5.41, 5.74) is 0. The number of allylic oxidation sites excluding steroid dienone is 3. The van der Waals surface area contributed by atoms with Crippen LogP contribution in [0.3, 0.4) is 0 Å². The van der Waals surface area contributed by atoms with Gasteiger partial charge in [0, 0.05) is 26.4 Å². The average Bonchev–Trinajstić information content (AvgIpc) is 2.24. The monoisotopic (exact) mass is 229 g/mol. The van der Waals surface area contributed by atoms with Gasteiger partial charge >= 0.3 is 0 Å². The number of methoxy groups -OCH3 is 2. The molecule has 0 amide bonds. The largest absolute Gasteiger partial charge is 0.470 e. The number of nitro groups is 1. The van der Waals surface area contributed by atoms with Gasteiger partial charge in [-0.1, -0.05) is 0 Å². The minimum atomic E-state index is -0.550. The predicted octanol–water partition coefficient (Wildman–Crippen LogP) is 1.83. The Kier molecular flexibility index (Phi) is 7.74. The molecule has 0 aliphatic carbocycles. The fourth-order valence-corrected chi connectivity index (χ4v) is 0.752. The van der Waals surface area contributed by atoms with Crippen molar-refractivity contribution in [2.75, 3.05) is 14.2 Å². The van der Waals surface area contributed by atoms with Crippen molar-refractivity contribution in [2.24, 2.45) is 0 Å². The number of nitrogens with zero attached hydrogens (tertiary/aromatic N) is 1. The second-order valence-electron chi connectivity index (χ2n) is 2.69. The Morgan fingerprint density at radius 1 is 1.38 bits per heavy atom. The van der Waals surface area contributed by atoms with Gasteiger partial charge < -0.3 is 14.2 Å². The van der Waals surface area contributed by atoms with Crippen molar-refractivity contribution in [3.05, 3.63) is 46.6 Å². The third kappa shape index (κ3) is 7.72. The van der Waals surface area contributed by atoms with Crippen LogP contribution in [-0.4, -0.2) is 25.4 Å². The van der Waals surface area contributed by atoms with Gasteiger partial charge in [-0.15, -0.1) is 0 Å². The molecule has 0 rings (SSSR count). The van der Waals surface area contributed by atoms with E-state index in [0.29, 0.717) is 5.76 Å². The molecule has 90 valence electrons. The molecule has 0 aromatic rings. The highest BCUT2D eigenvalue weighted by Gasteiger charge is 1.96. The first kappa shape index (κ1) is 14.3. The molecule has 0 radical (unpaired) electrons. The number of ether oxygens (including phenoxy) is 3. The Hall–Kier alpha value is -1.66. The Balaban J connectivity index is 4.05. The lowest BCUT2D eigenvalue weighted by Gasteiger charge is -2.07. The highest BCUT2D eigenvalue weighted by Crippen LogP contribution is 1.99. The lowest BCUT2D eigenvalue weighted by Crippen LogP contribution is -2.08. The van der Waals surface area contributed by atoms with Crippen molar-refractivity contribution in [2.45, 2.75) is 13.2 Å². The van der Waals surface area contributed by atoms with Crippen molar-refractivity contribution in [1.82, 2.24) is 0 Å². The second-order valence-corrected chi connectivity index (χ2v) is 2.69. The maximum absolute atomic E-state index is 9.96. The fourth-order valence-electron chi connectivity index (χ4n) is 0.752. The second kappa shape index (κ2) is 8.63. The summed E-state index contributed by atoms with van der Waals surface area (Å²) in [6.45, 7) is 1.67. The van der Waals surface area contributed by atoms with E-state index in [4.69, 9.17) is 14.2 Å². The normalized spacial score (nSPS) is 12.9. The van der Waals surface area contributed by atoms with E-state index in [-0.39, 0.29) is 0 Å². The van der Waals surface area contributed by atoms with Gasteiger partial charge in [-0.05, 0) is 13.0 Å². The van der Waals surface area contributed by atoms with Gasteiger partial charge in [0.1, 0.15) is 5.76 Å². The van der Waals surface area contributed by atoms with Crippen molar-refractivity contribution in [3.8, 4) is 0 Å². The van der Waals surface area contributed by atoms with Crippen LogP contribution < -0.4 is 0 Å². The van der Waals surface area contributed by atoms with E-state index in [0.717, 1.165) is 6.20 Å². The highest BCUT2D eigenvalue weighted by molar-refractivity contribution is 5.04. The van der Waals surface area contributed by atoms with Crippen molar-refractivity contribution >= 4 is 0 Å². The van der Waals surface area contributed by atoms with Crippen LogP contribution in [0.25, 0.3) is 0 Å². The van der Waals surface area contributed by atoms with Crippen molar-refractivity contribution in [1.29, 1.82) is 0 Å². The summed E-state index contributed by atoms with van der Waals surface area (Å²) >= 11 is 0. The zero-order valence-electron chi connectivity index (χ0n) is 9.45. The SMILES string of the molecule is COC(/C=C/O/C(C)=C/C=C/[N+](=O)[O-])OC. The van der Waals surface area contributed by atoms with Gasteiger partial charge in [0.2, 0.25) is 6.20 Å². The third-order valence-electron chi connectivity index (χ3n) is 1.49. The topological polar surface area (TPSA) is 70.8 Å². The van der Waals surface area contributed by atoms with Gasteiger partial charge in [0.25, 0.3) is 0 Å². The summed E-state index contributed by atoms with van der Waals surface area (Å²) in [7, 11) is 3.00. The number of hydrogen-bond acceptors (Lipinski definition) is 5. The highest BCUT2D eigenvalue weighted by atomic mass is 16.7. The zero-order chi connectivity index (χ0) is 12.4. The molecule has 6 nitrogen and oxygen atoms in total. The van der Waals surface area contributed by atoms with Crippen molar-refractivity contribution < 1.29 is 19.1 Å². The van der Waals surface area contributed by atoms with E-state index in [1.807, 2.05) is 0 Å². The van der Waals surface area contributed by atoms with E-state index in [1.54, 1.807) is 13.0 Å². The molecule has 6 heteroatoms. The van der Waals surface area contributed by atoms with Crippen molar-refractivity contribution in [3.63, 3.8) is 0 Å². The Morgan fingerprint density at radius 3 is 2.50 bits per heavy atom. The molecule has 0 heterocycles. The van der Waals surface area contributed by atoms with E-state index in [9.17, 15) is 10.1 Å². The average molecular weight is 229 g/mol. The standard InChI is InChI=1S/C10H15NO5/c1-9(5-4-7-11(12)13)16-8-6-10(14-2)15-3/h4-8,10H,1-3H3/b7-4+,8-6+,9-5+. The predicted molar refractivity (Wildman–Crippen MR) is 57.9 cm³/mol. The van der Waals surface area contributed by atoms with Crippen LogP contribution in [0.2, 0.25) is 0 Å². The summed E-state index contributed by atoms with van der Waals surface area (Å²) < 4.78 is 14.9. The molecule has 0 aliphatic rings. The Morgan fingerprint density at radius 2 is 2.00 bits per heavy atom. The smallest absolute Gasteiger partial charge is 0.234 e. The summed E-state index contributed by atoms with van der Waals surface area (Å²) in [5, 5.41) is 9.96. The molecule has 0 saturated heterocycles. The van der Waals surface area contributed by atoms with Crippen LogP contribution in [0.5, 0.6) is 0 Å². The number of hydrogen-bond donors (Lipinski definition) is 0. The molecule has 0 spiro atoms. The molecule has 0 saturated carbocycles. The molecule has 0 aromatic carbocycles. The maximum Gasteiger partial charge on any atom is 0.234 e. The first-order valence-corrected chi connectivity index (χ1v) is 4.47. The third-order valence-corrected chi connectivity index (χ3v) is 1.49. The van der Waals surface area contributed by atoms with E-state index < -0.39 is 11.2 Å². The minimum absolute atomic E-state index is 0.470. The molecular formula is C10H15NO5. The van der Waals surface area contributed by atoms with Gasteiger partial charge in [0.05, 0.1) is 11.2 Å². The van der Waals surface area contributed by atoms with Crippen LogP contribution >= 0.6 is 0 Å². The van der Waals surface area contributed by atoms with Gasteiger partial charge in [-0.3, -0.25) is 10.1 Å². The molecule has 0 atom stereocenters. The van der Waals surface area contributed by atoms with E-state index in [2.05, 4.69) is 0 Å². The molecular weight excluding hydrogens is 214 g/mol. The lowest BCUT2D eigenvalue weighted by molar-refractivity contribution is -0.402. The zero-order valence-corrected chi connectivity index (χ0v) is 9.45.